The van der Waals surface area contributed by atoms with Crippen molar-refractivity contribution in [2.24, 2.45) is 0 Å². The molecule has 0 aliphatic carbocycles. The fourth-order valence-electron chi connectivity index (χ4n) is 2.79. The van der Waals surface area contributed by atoms with Crippen LogP contribution in [0.4, 0.5) is 18.9 Å². The molecule has 3 rings (SSSR count). The highest BCUT2D eigenvalue weighted by Crippen LogP contribution is 2.29. The third kappa shape index (κ3) is 6.80. The molecule has 0 atom stereocenters. The van der Waals surface area contributed by atoms with Crippen molar-refractivity contribution >= 4 is 33.4 Å². The van der Waals surface area contributed by atoms with Gasteiger partial charge in [-0.25, -0.2) is 13.4 Å². The first-order valence-corrected chi connectivity index (χ1v) is 12.0. The summed E-state index contributed by atoms with van der Waals surface area (Å²) in [6.45, 7) is 0.219. The lowest BCUT2D eigenvalue weighted by atomic mass is 10.2. The van der Waals surface area contributed by atoms with Crippen molar-refractivity contribution in [2.45, 2.75) is 22.6 Å². The van der Waals surface area contributed by atoms with E-state index in [1.165, 1.54) is 41.7 Å². The van der Waals surface area contributed by atoms with Crippen molar-refractivity contribution in [3.05, 3.63) is 84.1 Å². The van der Waals surface area contributed by atoms with Crippen molar-refractivity contribution in [1.82, 2.24) is 9.29 Å². The van der Waals surface area contributed by atoms with Gasteiger partial charge in [0.1, 0.15) is 0 Å². The van der Waals surface area contributed by atoms with Crippen LogP contribution in [-0.2, 0) is 27.5 Å². The molecule has 1 N–H and O–H groups in total. The predicted octanol–water partition coefficient (Wildman–Crippen LogP) is 4.65. The van der Waals surface area contributed by atoms with Gasteiger partial charge in [-0.15, -0.1) is 0 Å². The highest BCUT2D eigenvalue weighted by Gasteiger charge is 2.30. The van der Waals surface area contributed by atoms with Crippen LogP contribution in [0.2, 0.25) is 0 Å². The minimum absolute atomic E-state index is 0.0712. The zero-order valence-electron chi connectivity index (χ0n) is 17.4. The normalized spacial score (nSPS) is 12.0. The average Bonchev–Trinajstić information content (AvgIpc) is 2.78. The van der Waals surface area contributed by atoms with E-state index in [0.717, 1.165) is 23.4 Å². The number of nitrogens with one attached hydrogen (secondary N) is 1. The molecule has 0 saturated heterocycles. The molecular weight excluding hydrogens is 475 g/mol. The number of hydrogen-bond donors (Lipinski definition) is 1. The zero-order valence-corrected chi connectivity index (χ0v) is 19.0. The number of benzene rings is 2. The highest BCUT2D eigenvalue weighted by molar-refractivity contribution is 7.99. The molecule has 11 heteroatoms. The van der Waals surface area contributed by atoms with Gasteiger partial charge in [-0.2, -0.15) is 17.5 Å². The van der Waals surface area contributed by atoms with Crippen LogP contribution in [0, 0.1) is 0 Å². The summed E-state index contributed by atoms with van der Waals surface area (Å²) >= 11 is 0.986. The second kappa shape index (κ2) is 10.4. The monoisotopic (exact) mass is 495 g/mol. The van der Waals surface area contributed by atoms with E-state index < -0.39 is 27.7 Å². The van der Waals surface area contributed by atoms with Gasteiger partial charge in [0.2, 0.25) is 15.9 Å². The van der Waals surface area contributed by atoms with Crippen LogP contribution in [0.3, 0.4) is 0 Å². The molecule has 0 saturated carbocycles. The molecule has 1 amide bonds. The molecule has 0 bridgehead atoms. The summed E-state index contributed by atoms with van der Waals surface area (Å²) in [6, 6.07) is 17.0. The number of alkyl halides is 3. The summed E-state index contributed by atoms with van der Waals surface area (Å²) in [7, 11) is -2.22. The summed E-state index contributed by atoms with van der Waals surface area (Å²) in [5.41, 5.74) is 0.388. The Hall–Kier alpha value is -2.89. The van der Waals surface area contributed by atoms with E-state index in [2.05, 4.69) is 10.3 Å². The minimum Gasteiger partial charge on any atom is -0.325 e. The summed E-state index contributed by atoms with van der Waals surface area (Å²) in [6.07, 6.45) is -3.75. The Labute approximate surface area is 193 Å². The van der Waals surface area contributed by atoms with Gasteiger partial charge in [0.15, 0.2) is 0 Å². The number of aromatic nitrogens is 1. The predicted molar refractivity (Wildman–Crippen MR) is 120 cm³/mol. The molecule has 6 nitrogen and oxygen atoms in total. The molecule has 1 aromatic heterocycles. The number of pyridine rings is 1. The SMILES string of the molecule is CN(Cc1ccccc1)S(=O)(=O)c1ccc(NC(=O)CSc2ccc(C(F)(F)F)cn2)cc1. The molecule has 33 heavy (non-hydrogen) atoms. The molecular formula is C22H20F3N3O3S2. The number of anilines is 1. The number of nitrogens with zero attached hydrogens (tertiary/aromatic N) is 2. The van der Waals surface area contributed by atoms with Crippen LogP contribution < -0.4 is 5.32 Å². The Morgan fingerprint density at radius 2 is 1.70 bits per heavy atom. The quantitative estimate of drug-likeness (QED) is 0.460. The van der Waals surface area contributed by atoms with Crippen molar-refractivity contribution in [3.63, 3.8) is 0 Å². The Morgan fingerprint density at radius 1 is 1.03 bits per heavy atom. The van der Waals surface area contributed by atoms with E-state index in [-0.39, 0.29) is 22.2 Å². The molecule has 0 aliphatic heterocycles. The fourth-order valence-corrected chi connectivity index (χ4v) is 4.59. The number of rotatable bonds is 8. The highest BCUT2D eigenvalue weighted by atomic mass is 32.2. The molecule has 174 valence electrons. The Balaban J connectivity index is 1.55. The van der Waals surface area contributed by atoms with Gasteiger partial charge in [0.25, 0.3) is 0 Å². The summed E-state index contributed by atoms with van der Waals surface area (Å²) < 4.78 is 64.5. The number of hydrogen-bond acceptors (Lipinski definition) is 5. The lowest BCUT2D eigenvalue weighted by Crippen LogP contribution is -2.26. The minimum atomic E-state index is -4.47. The lowest BCUT2D eigenvalue weighted by Gasteiger charge is -2.17. The first-order valence-electron chi connectivity index (χ1n) is 9.62. The van der Waals surface area contributed by atoms with Gasteiger partial charge in [-0.1, -0.05) is 42.1 Å². The zero-order chi connectivity index (χ0) is 24.1. The first-order chi connectivity index (χ1) is 15.6. The van der Waals surface area contributed by atoms with Crippen LogP contribution in [0.1, 0.15) is 11.1 Å². The fraction of sp³-hybridized carbons (Fsp3) is 0.182. The largest absolute Gasteiger partial charge is 0.417 e. The molecule has 0 aliphatic rings. The average molecular weight is 496 g/mol. The van der Waals surface area contributed by atoms with Gasteiger partial charge >= 0.3 is 6.18 Å². The number of amides is 1. The Bertz CT molecular complexity index is 1190. The van der Waals surface area contributed by atoms with Crippen molar-refractivity contribution in [2.75, 3.05) is 18.1 Å². The van der Waals surface area contributed by atoms with E-state index in [9.17, 15) is 26.4 Å². The van der Waals surface area contributed by atoms with Crippen LogP contribution in [-0.4, -0.2) is 36.4 Å². The molecule has 0 unspecified atom stereocenters. The van der Waals surface area contributed by atoms with E-state index in [0.29, 0.717) is 11.9 Å². The van der Waals surface area contributed by atoms with Crippen molar-refractivity contribution in [3.8, 4) is 0 Å². The Kier molecular flexibility index (Phi) is 7.77. The summed E-state index contributed by atoms with van der Waals surface area (Å²) in [4.78, 5) is 15.9. The van der Waals surface area contributed by atoms with Crippen LogP contribution in [0.15, 0.2) is 82.8 Å². The molecule has 1 heterocycles. The second-order valence-electron chi connectivity index (χ2n) is 6.99. The number of thioether (sulfide) groups is 1. The molecule has 0 spiro atoms. The van der Waals surface area contributed by atoms with E-state index in [4.69, 9.17) is 0 Å². The van der Waals surface area contributed by atoms with E-state index >= 15 is 0 Å². The lowest BCUT2D eigenvalue weighted by molar-refractivity contribution is -0.137. The summed E-state index contributed by atoms with van der Waals surface area (Å²) in [5.74, 6) is -0.475. The van der Waals surface area contributed by atoms with Crippen LogP contribution in [0.25, 0.3) is 0 Å². The molecule has 3 aromatic rings. The molecule has 0 fully saturated rings. The third-order valence-electron chi connectivity index (χ3n) is 4.51. The van der Waals surface area contributed by atoms with Crippen LogP contribution in [0.5, 0.6) is 0 Å². The van der Waals surface area contributed by atoms with Gasteiger partial charge in [-0.05, 0) is 42.0 Å². The van der Waals surface area contributed by atoms with Crippen LogP contribution >= 0.6 is 11.8 Å². The van der Waals surface area contributed by atoms with Crippen molar-refractivity contribution < 1.29 is 26.4 Å². The van der Waals surface area contributed by atoms with E-state index in [1.54, 1.807) is 0 Å². The van der Waals surface area contributed by atoms with Gasteiger partial charge in [0.05, 0.1) is 21.2 Å². The maximum Gasteiger partial charge on any atom is 0.417 e. The number of carbonyl (C=O) groups excluding carboxylic acids is 1. The first kappa shape index (κ1) is 24.7. The topological polar surface area (TPSA) is 79.4 Å². The maximum atomic E-state index is 12.8. The van der Waals surface area contributed by atoms with E-state index in [1.807, 2.05) is 30.3 Å². The second-order valence-corrected chi connectivity index (χ2v) is 10.0. The van der Waals surface area contributed by atoms with Gasteiger partial charge in [0, 0.05) is 25.5 Å². The third-order valence-corrected chi connectivity index (χ3v) is 7.27. The number of carbonyl (C=O) groups is 1. The molecule has 0 radical (unpaired) electrons. The van der Waals surface area contributed by atoms with Crippen molar-refractivity contribution in [1.29, 1.82) is 0 Å². The number of halogens is 3. The standard InChI is InChI=1S/C22H20F3N3O3S2/c1-28(14-16-5-3-2-4-6-16)33(30,31)19-10-8-18(9-11-19)27-20(29)15-32-21-12-7-17(13-26-21)22(23,24)25/h2-13H,14-15H2,1H3,(H,27,29). The maximum absolute atomic E-state index is 12.8. The van der Waals surface area contributed by atoms with Gasteiger partial charge < -0.3 is 5.32 Å². The molecule has 2 aromatic carbocycles. The van der Waals surface area contributed by atoms with Gasteiger partial charge in [-0.3, -0.25) is 4.79 Å². The smallest absolute Gasteiger partial charge is 0.325 e. The number of sulfonamides is 1. The Morgan fingerprint density at radius 3 is 2.27 bits per heavy atom. The summed E-state index contributed by atoms with van der Waals surface area (Å²) in [5, 5.41) is 2.90.